The number of hydrogen-bond donors (Lipinski definition) is 8. The molecule has 0 saturated carbocycles. The molecule has 0 radical (unpaired) electrons. The van der Waals surface area contributed by atoms with Gasteiger partial charge in [-0.15, -0.1) is 0 Å². The minimum Gasteiger partial charge on any atom is -0.504 e. The van der Waals surface area contributed by atoms with Crippen LogP contribution in [0.2, 0.25) is 0 Å². The van der Waals surface area contributed by atoms with Gasteiger partial charge in [-0.2, -0.15) is 0 Å². The summed E-state index contributed by atoms with van der Waals surface area (Å²) < 4.78 is 49.1. The minimum absolute atomic E-state index is 0.0999. The number of aliphatic hydroxyl groups excluding tert-OH is 5. The number of ether oxygens (including phenoxy) is 9. The molecule has 9 atom stereocenters. The zero-order valence-corrected chi connectivity index (χ0v) is 33.4. The lowest BCUT2D eigenvalue weighted by molar-refractivity contribution is -0.383. The highest BCUT2D eigenvalue weighted by Gasteiger charge is 2.61. The third-order valence-corrected chi connectivity index (χ3v) is 9.55. The number of aliphatic hydroxyl groups is 5. The number of esters is 3. The van der Waals surface area contributed by atoms with Crippen LogP contribution in [-0.2, 0) is 42.8 Å². The molecule has 2 fully saturated rings. The van der Waals surface area contributed by atoms with Gasteiger partial charge in [0.2, 0.25) is 5.79 Å². The summed E-state index contributed by atoms with van der Waals surface area (Å²) in [5, 5.41) is 83.2. The van der Waals surface area contributed by atoms with Crippen molar-refractivity contribution < 1.29 is 97.9 Å². The van der Waals surface area contributed by atoms with Crippen LogP contribution in [0.4, 0.5) is 0 Å². The third kappa shape index (κ3) is 11.4. The average molecular weight is 871 g/mol. The molecule has 3 aromatic carbocycles. The van der Waals surface area contributed by atoms with Crippen LogP contribution in [0.15, 0.2) is 72.8 Å². The lowest BCUT2D eigenvalue weighted by atomic mass is 9.99. The van der Waals surface area contributed by atoms with Crippen molar-refractivity contribution in [1.82, 2.24) is 0 Å². The van der Waals surface area contributed by atoms with Crippen molar-refractivity contribution in [3.05, 3.63) is 89.5 Å². The maximum absolute atomic E-state index is 13.3. The van der Waals surface area contributed by atoms with E-state index in [1.807, 2.05) is 0 Å². The lowest BCUT2D eigenvalue weighted by Crippen LogP contribution is -2.63. The van der Waals surface area contributed by atoms with Crippen LogP contribution >= 0.6 is 0 Å². The highest BCUT2D eigenvalue weighted by Crippen LogP contribution is 2.39. The molecular formula is C42H46O20. The first-order chi connectivity index (χ1) is 29.6. The van der Waals surface area contributed by atoms with E-state index in [0.29, 0.717) is 16.7 Å². The van der Waals surface area contributed by atoms with E-state index < -0.39 is 92.5 Å². The quantitative estimate of drug-likeness (QED) is 0.0522. The fourth-order valence-corrected chi connectivity index (χ4v) is 6.22. The Labute approximate surface area is 353 Å². The SMILES string of the molecule is COc1cc(C=CC(=O)OCC2OC(COC(=O)C=Cc3ccc(O)c(OC)c3)(OC3OC(CO)C(O)C(O)C3O)C(O)C2OC(=O)C=Cc2ccc(O)c(OC)c2)ccc1O. The monoisotopic (exact) mass is 870 g/mol. The van der Waals surface area contributed by atoms with Crippen LogP contribution in [0.5, 0.6) is 34.5 Å². The molecule has 8 N–H and O–H groups in total. The largest absolute Gasteiger partial charge is 0.504 e. The summed E-state index contributed by atoms with van der Waals surface area (Å²) in [6.07, 6.45) is -8.09. The zero-order valence-electron chi connectivity index (χ0n) is 33.4. The number of rotatable bonds is 17. The van der Waals surface area contributed by atoms with Gasteiger partial charge in [0.05, 0.1) is 27.9 Å². The van der Waals surface area contributed by atoms with Gasteiger partial charge in [-0.05, 0) is 71.3 Å². The summed E-state index contributed by atoms with van der Waals surface area (Å²) in [4.78, 5) is 39.4. The molecular weight excluding hydrogens is 824 g/mol. The van der Waals surface area contributed by atoms with Gasteiger partial charge in [-0.3, -0.25) is 0 Å². The first-order valence-corrected chi connectivity index (χ1v) is 18.7. The van der Waals surface area contributed by atoms with Gasteiger partial charge in [0, 0.05) is 18.2 Å². The van der Waals surface area contributed by atoms with Gasteiger partial charge in [0.1, 0.15) is 43.7 Å². The minimum atomic E-state index is -2.66. The van der Waals surface area contributed by atoms with E-state index in [9.17, 15) is 55.2 Å². The number of hydrogen-bond acceptors (Lipinski definition) is 20. The Bertz CT molecular complexity index is 2130. The van der Waals surface area contributed by atoms with Crippen molar-refractivity contribution in [2.45, 2.75) is 54.8 Å². The number of phenolic OH excluding ortho intramolecular Hbond substituents is 3. The fourth-order valence-electron chi connectivity index (χ4n) is 6.22. The highest BCUT2D eigenvalue weighted by molar-refractivity contribution is 5.88. The second-order valence-corrected chi connectivity index (χ2v) is 13.7. The summed E-state index contributed by atoms with van der Waals surface area (Å²) in [7, 11) is 3.99. The summed E-state index contributed by atoms with van der Waals surface area (Å²) in [5.41, 5.74) is 1.21. The van der Waals surface area contributed by atoms with Crippen molar-refractivity contribution in [3.63, 3.8) is 0 Å². The van der Waals surface area contributed by atoms with Crippen LogP contribution in [0, 0.1) is 0 Å². The van der Waals surface area contributed by atoms with E-state index in [-0.39, 0.29) is 34.5 Å². The summed E-state index contributed by atoms with van der Waals surface area (Å²) >= 11 is 0. The first kappa shape index (κ1) is 46.8. The van der Waals surface area contributed by atoms with Crippen molar-refractivity contribution in [3.8, 4) is 34.5 Å². The predicted molar refractivity (Wildman–Crippen MR) is 211 cm³/mol. The standard InChI is InChI=1S/C42H46O20/c1-54-28-16-22(4-10-25(28)44)7-13-33(47)57-20-32-39(60-35(49)15-9-24-6-12-27(46)30(18-24)56-3)40(53)42(61-32,62-41-38(52)37(51)36(50)31(19-43)59-41)21-58-34(48)14-8-23-5-11-26(45)29(17-23)55-2/h4-18,31-32,36-41,43-46,50-53H,19-21H2,1-3H3. The van der Waals surface area contributed by atoms with E-state index in [1.54, 1.807) is 0 Å². The molecule has 0 aromatic heterocycles. The summed E-state index contributed by atoms with van der Waals surface area (Å²) in [5.74, 6) is -5.90. The first-order valence-electron chi connectivity index (χ1n) is 18.7. The van der Waals surface area contributed by atoms with Crippen LogP contribution in [0.3, 0.4) is 0 Å². The Hall–Kier alpha value is -6.23. The van der Waals surface area contributed by atoms with Crippen molar-refractivity contribution in [2.24, 2.45) is 0 Å². The lowest BCUT2D eigenvalue weighted by Gasteiger charge is -2.43. The number of carbonyl (C=O) groups is 3. The predicted octanol–water partition coefficient (Wildman–Crippen LogP) is 0.540. The van der Waals surface area contributed by atoms with Crippen LogP contribution in [0.1, 0.15) is 16.7 Å². The summed E-state index contributed by atoms with van der Waals surface area (Å²) in [6, 6.07) is 12.7. The Kier molecular flexibility index (Phi) is 15.9. The maximum Gasteiger partial charge on any atom is 0.331 e. The van der Waals surface area contributed by atoms with E-state index >= 15 is 0 Å². The number of phenols is 3. The molecule has 0 aliphatic carbocycles. The van der Waals surface area contributed by atoms with Gasteiger partial charge < -0.3 is 83.5 Å². The van der Waals surface area contributed by atoms with Crippen LogP contribution in [0.25, 0.3) is 18.2 Å². The molecule has 2 heterocycles. The molecule has 0 amide bonds. The average Bonchev–Trinajstić information content (AvgIpc) is 3.52. The molecule has 9 unspecified atom stereocenters. The number of methoxy groups -OCH3 is 3. The molecule has 3 aromatic rings. The second-order valence-electron chi connectivity index (χ2n) is 13.7. The molecule has 2 aliphatic heterocycles. The summed E-state index contributed by atoms with van der Waals surface area (Å²) in [6.45, 7) is -2.67. The van der Waals surface area contributed by atoms with E-state index in [1.165, 1.54) is 94.2 Å². The van der Waals surface area contributed by atoms with Crippen molar-refractivity contribution in [2.75, 3.05) is 41.2 Å². The normalized spacial score (nSPS) is 26.1. The smallest absolute Gasteiger partial charge is 0.331 e. The number of aromatic hydroxyl groups is 3. The van der Waals surface area contributed by atoms with Crippen LogP contribution in [-0.4, -0.2) is 155 Å². The maximum atomic E-state index is 13.3. The molecule has 2 aliphatic rings. The topological polar surface area (TPSA) is 296 Å². The second kappa shape index (κ2) is 21.0. The number of carbonyl (C=O) groups excluding carboxylic acids is 3. The fraction of sp³-hybridized carbons (Fsp3) is 0.357. The van der Waals surface area contributed by atoms with Gasteiger partial charge in [0.25, 0.3) is 0 Å². The van der Waals surface area contributed by atoms with E-state index in [0.717, 1.165) is 18.2 Å². The van der Waals surface area contributed by atoms with Gasteiger partial charge in [-0.1, -0.05) is 18.2 Å². The van der Waals surface area contributed by atoms with Crippen molar-refractivity contribution >= 4 is 36.1 Å². The van der Waals surface area contributed by atoms with Gasteiger partial charge >= 0.3 is 17.9 Å². The molecule has 334 valence electrons. The molecule has 0 bridgehead atoms. The molecule has 20 heteroatoms. The molecule has 0 spiro atoms. The molecule has 2 saturated heterocycles. The molecule has 62 heavy (non-hydrogen) atoms. The highest BCUT2D eigenvalue weighted by atomic mass is 16.8. The van der Waals surface area contributed by atoms with E-state index in [2.05, 4.69) is 0 Å². The molecule has 5 rings (SSSR count). The van der Waals surface area contributed by atoms with Crippen LogP contribution < -0.4 is 14.2 Å². The Morgan fingerprint density at radius 1 is 0.645 bits per heavy atom. The number of benzene rings is 3. The molecule has 20 nitrogen and oxygen atoms in total. The third-order valence-electron chi connectivity index (χ3n) is 9.55. The Balaban J connectivity index is 1.45. The van der Waals surface area contributed by atoms with E-state index in [4.69, 9.17) is 42.6 Å². The van der Waals surface area contributed by atoms with Crippen molar-refractivity contribution in [1.29, 1.82) is 0 Å². The van der Waals surface area contributed by atoms with Gasteiger partial charge in [-0.25, -0.2) is 14.4 Å². The van der Waals surface area contributed by atoms with Gasteiger partial charge in [0.15, 0.2) is 53.0 Å². The Morgan fingerprint density at radius 3 is 1.58 bits per heavy atom. The zero-order chi connectivity index (χ0) is 45.1. The Morgan fingerprint density at radius 2 is 1.11 bits per heavy atom.